The number of hydrogen-bond acceptors (Lipinski definition) is 12. The highest BCUT2D eigenvalue weighted by molar-refractivity contribution is 6.14. The van der Waals surface area contributed by atoms with Crippen molar-refractivity contribution in [3.8, 4) is 0 Å². The fourth-order valence-electron chi connectivity index (χ4n) is 2.82. The molecule has 0 saturated carbocycles. The van der Waals surface area contributed by atoms with E-state index in [9.17, 15) is 14.4 Å². The number of carbonyl (C=O) groups excluding carboxylic acids is 2. The first-order chi connectivity index (χ1) is 19.4. The first kappa shape index (κ1) is 40.6. The molecule has 0 radical (unpaired) electrons. The van der Waals surface area contributed by atoms with Crippen LogP contribution in [-0.2, 0) is 9.53 Å². The molecule has 0 amide bonds. The Hall–Kier alpha value is -2.49. The van der Waals surface area contributed by atoms with Gasteiger partial charge in [0.15, 0.2) is 0 Å². The van der Waals surface area contributed by atoms with Crippen molar-refractivity contribution >= 4 is 17.9 Å². The summed E-state index contributed by atoms with van der Waals surface area (Å²) in [5.74, 6) is -0.987. The molecule has 13 heteroatoms. The number of unbranched alkanes of at least 4 members (excludes halogenated alkanes) is 3. The molecule has 1 aromatic rings. The summed E-state index contributed by atoms with van der Waals surface area (Å²) in [7, 11) is 0. The Morgan fingerprint density at radius 1 is 0.659 bits per heavy atom. The van der Waals surface area contributed by atoms with Crippen LogP contribution in [0.15, 0.2) is 24.3 Å². The van der Waals surface area contributed by atoms with E-state index in [1.807, 2.05) is 0 Å². The lowest BCUT2D eigenvalue weighted by atomic mass is 9.93. The van der Waals surface area contributed by atoms with Crippen molar-refractivity contribution in [1.29, 1.82) is 0 Å². The van der Waals surface area contributed by atoms with Crippen LogP contribution in [0.25, 0.3) is 0 Å². The summed E-state index contributed by atoms with van der Waals surface area (Å²) in [5.41, 5.74) is -1.50. The molecule has 0 spiro atoms. The van der Waals surface area contributed by atoms with Crippen LogP contribution in [0.5, 0.6) is 0 Å². The first-order valence-electron chi connectivity index (χ1n) is 13.3. The standard InChI is InChI=1S/C10H20O2.C8H4O3.2C5H12O4/c1-9(2)7-5-3-4-6-8-10(11)12;9-7-5-3-1-2-4-6(5)8(10)11-7;2*6-1-5(2-7,3-8)4-9/h9H,3-8H2,1-2H3,(H,11,12);1-4H;2*6-9H,1-4H2. The maximum Gasteiger partial charge on any atom is 0.346 e. The van der Waals surface area contributed by atoms with E-state index in [1.165, 1.54) is 19.3 Å². The quantitative estimate of drug-likeness (QED) is 0.0738. The zero-order chi connectivity index (χ0) is 31.9. The molecular weight excluding hydrogens is 544 g/mol. The third kappa shape index (κ3) is 16.5. The van der Waals surface area contributed by atoms with Gasteiger partial charge in [-0.2, -0.15) is 0 Å². The Labute approximate surface area is 240 Å². The second-order valence-corrected chi connectivity index (χ2v) is 10.2. The first-order valence-corrected chi connectivity index (χ1v) is 13.3. The van der Waals surface area contributed by atoms with Crippen LogP contribution in [0, 0.1) is 16.7 Å². The van der Waals surface area contributed by atoms with Gasteiger partial charge in [-0.15, -0.1) is 0 Å². The third-order valence-corrected chi connectivity index (χ3v) is 6.16. The number of ether oxygens (including phenoxy) is 1. The van der Waals surface area contributed by atoms with E-state index in [1.54, 1.807) is 24.3 Å². The van der Waals surface area contributed by atoms with E-state index in [-0.39, 0.29) is 0 Å². The third-order valence-electron chi connectivity index (χ3n) is 6.16. The van der Waals surface area contributed by atoms with E-state index >= 15 is 0 Å². The SMILES string of the molecule is CC(C)CCCCCCC(=O)O.O=C1OC(=O)c2ccccc21.OCC(CO)(CO)CO.OCC(CO)(CO)CO. The van der Waals surface area contributed by atoms with Crippen molar-refractivity contribution in [2.45, 2.75) is 52.4 Å². The molecule has 1 aromatic carbocycles. The second kappa shape index (κ2) is 23.1. The fourth-order valence-corrected chi connectivity index (χ4v) is 2.82. The molecule has 41 heavy (non-hydrogen) atoms. The number of carbonyl (C=O) groups is 3. The largest absolute Gasteiger partial charge is 0.481 e. The zero-order valence-corrected chi connectivity index (χ0v) is 23.9. The smallest absolute Gasteiger partial charge is 0.346 e. The summed E-state index contributed by atoms with van der Waals surface area (Å²) in [6, 6.07) is 6.53. The molecule has 0 aliphatic carbocycles. The highest BCUT2D eigenvalue weighted by atomic mass is 16.6. The minimum absolute atomic E-state index is 0.335. The van der Waals surface area contributed by atoms with Gasteiger partial charge in [-0.05, 0) is 24.5 Å². The lowest BCUT2D eigenvalue weighted by molar-refractivity contribution is -0.137. The molecule has 0 aromatic heterocycles. The summed E-state index contributed by atoms with van der Waals surface area (Å²) in [4.78, 5) is 31.8. The van der Waals surface area contributed by atoms with Crippen molar-refractivity contribution in [2.24, 2.45) is 16.7 Å². The second-order valence-electron chi connectivity index (χ2n) is 10.2. The topological polar surface area (TPSA) is 243 Å². The molecule has 0 saturated heterocycles. The molecule has 1 aliphatic heterocycles. The molecule has 0 fully saturated rings. The van der Waals surface area contributed by atoms with Crippen LogP contribution in [0.2, 0.25) is 0 Å². The molecule has 2 rings (SSSR count). The van der Waals surface area contributed by atoms with Gasteiger partial charge in [0.25, 0.3) is 0 Å². The summed E-state index contributed by atoms with van der Waals surface area (Å²) >= 11 is 0. The van der Waals surface area contributed by atoms with E-state index < -0.39 is 81.6 Å². The minimum atomic E-state index is -1.11. The molecule has 9 N–H and O–H groups in total. The fraction of sp³-hybridized carbons (Fsp3) is 0.679. The molecule has 238 valence electrons. The molecular formula is C28H48O13. The number of carboxylic acid groups (broad SMARTS) is 1. The lowest BCUT2D eigenvalue weighted by Gasteiger charge is -2.23. The number of carboxylic acids is 1. The molecule has 0 bridgehead atoms. The molecule has 1 aliphatic rings. The van der Waals surface area contributed by atoms with E-state index in [4.69, 9.17) is 46.0 Å². The average Bonchev–Trinajstić information content (AvgIpc) is 3.27. The number of esters is 2. The van der Waals surface area contributed by atoms with E-state index in [0.29, 0.717) is 17.5 Å². The highest BCUT2D eigenvalue weighted by Gasteiger charge is 2.28. The Bertz CT molecular complexity index is 761. The van der Waals surface area contributed by atoms with Crippen LogP contribution >= 0.6 is 0 Å². The van der Waals surface area contributed by atoms with Gasteiger partial charge in [-0.3, -0.25) is 4.79 Å². The van der Waals surface area contributed by atoms with Crippen molar-refractivity contribution in [3.63, 3.8) is 0 Å². The molecule has 1 heterocycles. The number of aliphatic carboxylic acids is 1. The predicted molar refractivity (Wildman–Crippen MR) is 148 cm³/mol. The Kier molecular flexibility index (Phi) is 22.9. The van der Waals surface area contributed by atoms with Crippen LogP contribution in [0.1, 0.15) is 73.1 Å². The summed E-state index contributed by atoms with van der Waals surface area (Å²) in [6.07, 6.45) is 5.95. The maximum atomic E-state index is 10.8. The van der Waals surface area contributed by atoms with Crippen LogP contribution in [-0.4, -0.2) is 117 Å². The van der Waals surface area contributed by atoms with E-state index in [0.717, 1.165) is 18.8 Å². The summed E-state index contributed by atoms with van der Waals surface area (Å²) in [6.45, 7) is 1.19. The van der Waals surface area contributed by atoms with Crippen LogP contribution in [0.4, 0.5) is 0 Å². The Morgan fingerprint density at radius 3 is 1.27 bits per heavy atom. The van der Waals surface area contributed by atoms with Crippen molar-refractivity contribution in [2.75, 3.05) is 52.9 Å². The van der Waals surface area contributed by atoms with Gasteiger partial charge in [0.05, 0.1) is 74.8 Å². The molecule has 13 nitrogen and oxygen atoms in total. The van der Waals surface area contributed by atoms with Gasteiger partial charge in [-0.1, -0.05) is 51.7 Å². The van der Waals surface area contributed by atoms with E-state index in [2.05, 4.69) is 18.6 Å². The van der Waals surface area contributed by atoms with Gasteiger partial charge >= 0.3 is 17.9 Å². The summed E-state index contributed by atoms with van der Waals surface area (Å²) in [5, 5.41) is 76.3. The molecule has 0 unspecified atom stereocenters. The van der Waals surface area contributed by atoms with Crippen molar-refractivity contribution < 1.29 is 65.1 Å². The van der Waals surface area contributed by atoms with Crippen molar-refractivity contribution in [3.05, 3.63) is 35.4 Å². The Balaban J connectivity index is 0. The molecule has 0 atom stereocenters. The van der Waals surface area contributed by atoms with Gasteiger partial charge < -0.3 is 50.7 Å². The van der Waals surface area contributed by atoms with Crippen LogP contribution in [0.3, 0.4) is 0 Å². The maximum absolute atomic E-state index is 10.8. The van der Waals surface area contributed by atoms with Gasteiger partial charge in [0.1, 0.15) is 0 Å². The predicted octanol–water partition coefficient (Wildman–Crippen LogP) is -0.0512. The number of hydrogen-bond donors (Lipinski definition) is 9. The van der Waals surface area contributed by atoms with Gasteiger partial charge in [0, 0.05) is 6.42 Å². The zero-order valence-electron chi connectivity index (χ0n) is 23.9. The number of aliphatic hydroxyl groups excluding tert-OH is 8. The average molecular weight is 593 g/mol. The number of fused-ring (bicyclic) bond motifs is 1. The van der Waals surface area contributed by atoms with Gasteiger partial charge in [0.2, 0.25) is 0 Å². The number of cyclic esters (lactones) is 2. The number of benzene rings is 1. The summed E-state index contributed by atoms with van der Waals surface area (Å²) < 4.78 is 4.35. The van der Waals surface area contributed by atoms with Crippen molar-refractivity contribution in [1.82, 2.24) is 0 Å². The minimum Gasteiger partial charge on any atom is -0.481 e. The number of aliphatic hydroxyl groups is 8. The monoisotopic (exact) mass is 592 g/mol. The number of rotatable bonds is 15. The Morgan fingerprint density at radius 2 is 1.00 bits per heavy atom. The normalized spacial score (nSPS) is 12.3. The highest BCUT2D eigenvalue weighted by Crippen LogP contribution is 2.18. The lowest BCUT2D eigenvalue weighted by Crippen LogP contribution is -2.37. The van der Waals surface area contributed by atoms with Crippen LogP contribution < -0.4 is 0 Å². The van der Waals surface area contributed by atoms with Gasteiger partial charge in [-0.25, -0.2) is 9.59 Å².